The third-order valence-electron chi connectivity index (χ3n) is 4.65. The van der Waals surface area contributed by atoms with Crippen LogP contribution < -0.4 is 0 Å². The van der Waals surface area contributed by atoms with E-state index in [1.807, 2.05) is 0 Å². The molecule has 3 N–H and O–H groups in total. The summed E-state index contributed by atoms with van der Waals surface area (Å²) in [5.74, 6) is -3.62. The van der Waals surface area contributed by atoms with Crippen molar-refractivity contribution in [1.82, 2.24) is 0 Å². The molecular formula is C24H21GaO9. The molecule has 0 aliphatic heterocycles. The van der Waals surface area contributed by atoms with Gasteiger partial charge in [-0.1, -0.05) is 0 Å². The summed E-state index contributed by atoms with van der Waals surface area (Å²) in [6, 6.07) is 23.5. The predicted octanol–water partition coefficient (Wildman–Crippen LogP) is 1.80. The Labute approximate surface area is 201 Å². The number of carbonyl (C=O) groups excluding carboxylic acids is 3. The number of carbonyl (C=O) groups is 3. The van der Waals surface area contributed by atoms with Gasteiger partial charge in [0.05, 0.1) is 0 Å². The number of hydrogen-bond donors (Lipinski definition) is 3. The molecule has 10 heteroatoms. The predicted molar refractivity (Wildman–Crippen MR) is 118 cm³/mol. The van der Waals surface area contributed by atoms with Gasteiger partial charge in [-0.25, -0.2) is 0 Å². The molecule has 3 aromatic rings. The van der Waals surface area contributed by atoms with Gasteiger partial charge >= 0.3 is 202 Å². The standard InChI is InChI=1S/3C8H8O3.Ga/c3*9-7(8(10)11)6-4-2-1-3-5-6;/h3*1-5,7,9H,(H,10,11);/q;;;+3/p-3. The van der Waals surface area contributed by atoms with Crippen molar-refractivity contribution in [2.45, 2.75) is 18.3 Å². The van der Waals surface area contributed by atoms with Crippen LogP contribution in [-0.4, -0.2) is 50.5 Å². The van der Waals surface area contributed by atoms with Crippen LogP contribution >= 0.6 is 0 Å². The van der Waals surface area contributed by atoms with Gasteiger partial charge in [-0.05, 0) is 0 Å². The monoisotopic (exact) mass is 522 g/mol. The van der Waals surface area contributed by atoms with E-state index in [1.54, 1.807) is 54.6 Å². The molecule has 0 fully saturated rings. The fourth-order valence-corrected chi connectivity index (χ4v) is 5.17. The van der Waals surface area contributed by atoms with E-state index >= 15 is 0 Å². The molecule has 34 heavy (non-hydrogen) atoms. The molecule has 3 atom stereocenters. The summed E-state index contributed by atoms with van der Waals surface area (Å²) in [7, 11) is 0. The molecule has 0 bridgehead atoms. The minimum absolute atomic E-state index is 0.208. The van der Waals surface area contributed by atoms with E-state index in [0.717, 1.165) is 0 Å². The van der Waals surface area contributed by atoms with Gasteiger partial charge in [-0.2, -0.15) is 0 Å². The van der Waals surface area contributed by atoms with Gasteiger partial charge in [-0.3, -0.25) is 0 Å². The van der Waals surface area contributed by atoms with Crippen LogP contribution in [0.25, 0.3) is 0 Å². The first-order valence-electron chi connectivity index (χ1n) is 10.2. The Kier molecular flexibility index (Phi) is 9.02. The van der Waals surface area contributed by atoms with Crippen molar-refractivity contribution in [3.05, 3.63) is 108 Å². The number of rotatable bonds is 9. The van der Waals surface area contributed by atoms with Gasteiger partial charge in [0.25, 0.3) is 0 Å². The summed E-state index contributed by atoms with van der Waals surface area (Å²) in [6.07, 6.45) is -5.19. The third kappa shape index (κ3) is 6.79. The van der Waals surface area contributed by atoms with Crippen LogP contribution in [0.5, 0.6) is 0 Å². The number of benzene rings is 3. The molecule has 0 saturated heterocycles. The summed E-state index contributed by atoms with van der Waals surface area (Å²) in [4.78, 5) is 37.4. The molecule has 0 radical (unpaired) electrons. The van der Waals surface area contributed by atoms with Crippen molar-refractivity contribution < 1.29 is 40.3 Å². The number of hydrogen-bond acceptors (Lipinski definition) is 9. The van der Waals surface area contributed by atoms with Crippen molar-refractivity contribution in [2.24, 2.45) is 0 Å². The van der Waals surface area contributed by atoms with Gasteiger partial charge < -0.3 is 0 Å². The van der Waals surface area contributed by atoms with Gasteiger partial charge in [0.2, 0.25) is 0 Å². The summed E-state index contributed by atoms with van der Waals surface area (Å²) in [5, 5.41) is 30.8. The van der Waals surface area contributed by atoms with E-state index in [4.69, 9.17) is 10.6 Å². The molecule has 3 unspecified atom stereocenters. The normalized spacial score (nSPS) is 13.1. The second-order valence-corrected chi connectivity index (χ2v) is 9.73. The Bertz CT molecular complexity index is 952. The Morgan fingerprint density at radius 2 is 0.735 bits per heavy atom. The molecule has 0 aromatic heterocycles. The van der Waals surface area contributed by atoms with Crippen LogP contribution in [0.2, 0.25) is 0 Å². The second kappa shape index (κ2) is 12.2. The molecule has 3 rings (SSSR count). The molecule has 0 amide bonds. The topological polar surface area (TPSA) is 140 Å². The Balaban J connectivity index is 1.75. The van der Waals surface area contributed by atoms with E-state index < -0.39 is 53.5 Å². The number of aliphatic hydroxyl groups is 3. The maximum atomic E-state index is 12.5. The van der Waals surface area contributed by atoms with Crippen LogP contribution in [0.3, 0.4) is 0 Å². The van der Waals surface area contributed by atoms with Gasteiger partial charge in [-0.15, -0.1) is 0 Å². The maximum absolute atomic E-state index is 12.5. The molecule has 0 aliphatic carbocycles. The Morgan fingerprint density at radius 1 is 0.500 bits per heavy atom. The van der Waals surface area contributed by atoms with Gasteiger partial charge in [0, 0.05) is 0 Å². The average molecular weight is 523 g/mol. The van der Waals surface area contributed by atoms with Crippen LogP contribution in [0.15, 0.2) is 91.0 Å². The fraction of sp³-hybridized carbons (Fsp3) is 0.125. The van der Waals surface area contributed by atoms with Crippen molar-refractivity contribution in [3.63, 3.8) is 0 Å². The van der Waals surface area contributed by atoms with E-state index in [-0.39, 0.29) is 16.7 Å². The molecular weight excluding hydrogens is 502 g/mol. The van der Waals surface area contributed by atoms with Gasteiger partial charge in [0.15, 0.2) is 0 Å². The summed E-state index contributed by atoms with van der Waals surface area (Å²) in [6.45, 7) is 0. The third-order valence-corrected chi connectivity index (χ3v) is 7.33. The van der Waals surface area contributed by atoms with Gasteiger partial charge in [0.1, 0.15) is 0 Å². The first-order chi connectivity index (χ1) is 16.4. The molecule has 0 saturated carbocycles. The van der Waals surface area contributed by atoms with Crippen molar-refractivity contribution in [1.29, 1.82) is 0 Å². The zero-order valence-electron chi connectivity index (χ0n) is 17.8. The zero-order valence-corrected chi connectivity index (χ0v) is 20.2. The average Bonchev–Trinajstić information content (AvgIpc) is 2.88. The first kappa shape index (κ1) is 25.2. The SMILES string of the molecule is O=C([O][Ga]([O]C(=O)C(O)c1ccccc1)[O]C(=O)C(O)c1ccccc1)C(O)c1ccccc1. The molecule has 3 aromatic carbocycles. The summed E-state index contributed by atoms with van der Waals surface area (Å²) in [5.41, 5.74) is 0.625. The quantitative estimate of drug-likeness (QED) is 0.359. The van der Waals surface area contributed by atoms with Crippen molar-refractivity contribution in [3.8, 4) is 0 Å². The van der Waals surface area contributed by atoms with E-state index in [1.165, 1.54) is 36.4 Å². The first-order valence-corrected chi connectivity index (χ1v) is 13.1. The molecule has 0 aliphatic rings. The summed E-state index contributed by atoms with van der Waals surface area (Å²) < 4.78 is 15.2. The second-order valence-electron chi connectivity index (χ2n) is 7.04. The minimum atomic E-state index is -4.57. The summed E-state index contributed by atoms with van der Waals surface area (Å²) >= 11 is -4.57. The van der Waals surface area contributed by atoms with Crippen LogP contribution in [0.1, 0.15) is 35.0 Å². The Morgan fingerprint density at radius 3 is 0.971 bits per heavy atom. The van der Waals surface area contributed by atoms with Crippen molar-refractivity contribution in [2.75, 3.05) is 0 Å². The van der Waals surface area contributed by atoms with E-state index in [9.17, 15) is 29.7 Å². The molecule has 0 spiro atoms. The Hall–Kier alpha value is -3.41. The van der Waals surface area contributed by atoms with E-state index in [0.29, 0.717) is 0 Å². The molecule has 174 valence electrons. The van der Waals surface area contributed by atoms with Crippen molar-refractivity contribution >= 4 is 35.2 Å². The van der Waals surface area contributed by atoms with Crippen LogP contribution in [-0.2, 0) is 25.0 Å². The zero-order chi connectivity index (χ0) is 24.5. The fourth-order valence-electron chi connectivity index (χ4n) is 2.86. The molecule has 9 nitrogen and oxygen atoms in total. The van der Waals surface area contributed by atoms with E-state index in [2.05, 4.69) is 0 Å². The number of aliphatic hydroxyl groups excluding tert-OH is 3. The van der Waals surface area contributed by atoms with Crippen LogP contribution in [0.4, 0.5) is 0 Å². The van der Waals surface area contributed by atoms with Crippen LogP contribution in [0, 0.1) is 0 Å². The molecule has 0 heterocycles.